The first-order valence-electron chi connectivity index (χ1n) is 8.31. The van der Waals surface area contributed by atoms with Gasteiger partial charge in [-0.05, 0) is 32.1 Å². The summed E-state index contributed by atoms with van der Waals surface area (Å²) in [6.07, 6.45) is 6.49. The zero-order chi connectivity index (χ0) is 16.8. The molecule has 0 aliphatic heterocycles. The number of carboxylic acid groups (broad SMARTS) is 1. The van der Waals surface area contributed by atoms with Gasteiger partial charge in [0.15, 0.2) is 0 Å². The number of rotatable bonds is 14. The van der Waals surface area contributed by atoms with E-state index < -0.39 is 12.0 Å². The molecule has 0 heterocycles. The molecule has 0 radical (unpaired) electrons. The molecule has 7 heteroatoms. The van der Waals surface area contributed by atoms with Crippen molar-refractivity contribution in [3.8, 4) is 0 Å². The van der Waals surface area contributed by atoms with Crippen LogP contribution in [0.4, 0.5) is 0 Å². The van der Waals surface area contributed by atoms with Crippen molar-refractivity contribution >= 4 is 11.9 Å². The van der Waals surface area contributed by atoms with Crippen LogP contribution in [-0.2, 0) is 4.79 Å². The van der Waals surface area contributed by atoms with Crippen LogP contribution in [0.1, 0.15) is 58.8 Å². The Kier molecular flexibility index (Phi) is 19.4. The number of nitrogens with zero attached hydrogens (tertiary/aromatic N) is 2. The Morgan fingerprint density at radius 2 is 1.83 bits per heavy atom. The topological polar surface area (TPSA) is 96.2 Å². The normalized spacial score (nSPS) is 13.0. The molecule has 23 heavy (non-hydrogen) atoms. The van der Waals surface area contributed by atoms with Gasteiger partial charge >= 0.3 is 57.4 Å². The van der Waals surface area contributed by atoms with Gasteiger partial charge in [-0.2, -0.15) is 0 Å². The minimum absolute atomic E-state index is 0. The van der Waals surface area contributed by atoms with Gasteiger partial charge in [0, 0.05) is 19.7 Å². The fourth-order valence-corrected chi connectivity index (χ4v) is 2.19. The Morgan fingerprint density at radius 3 is 2.39 bits per heavy atom. The number of hydrogen-bond donors (Lipinski definition) is 2. The molecule has 0 saturated heterocycles. The van der Waals surface area contributed by atoms with E-state index in [2.05, 4.69) is 11.9 Å². The predicted octanol–water partition coefficient (Wildman–Crippen LogP) is -1.73. The van der Waals surface area contributed by atoms with Gasteiger partial charge in [-0.15, -0.1) is 0 Å². The summed E-state index contributed by atoms with van der Waals surface area (Å²) in [5.74, 6) is -0.998. The summed E-state index contributed by atoms with van der Waals surface area (Å²) in [5, 5.41) is 29.5. The Bertz CT molecular complexity index is 327. The van der Waals surface area contributed by atoms with Crippen molar-refractivity contribution in [1.82, 2.24) is 4.90 Å². The molecule has 130 valence electrons. The summed E-state index contributed by atoms with van der Waals surface area (Å²) >= 11 is 0. The van der Waals surface area contributed by atoms with Gasteiger partial charge in [-0.25, -0.2) is 0 Å². The Morgan fingerprint density at radius 1 is 1.17 bits per heavy atom. The molecule has 0 aromatic rings. The van der Waals surface area contributed by atoms with Crippen molar-refractivity contribution in [2.75, 3.05) is 26.2 Å². The van der Waals surface area contributed by atoms with E-state index in [0.717, 1.165) is 19.3 Å². The number of carbonyl (C=O) groups is 1. The summed E-state index contributed by atoms with van der Waals surface area (Å²) in [6, 6.07) is -0.633. The molecule has 0 bridgehead atoms. The molecule has 0 rings (SSSR count). The monoisotopic (exact) mass is 354 g/mol. The van der Waals surface area contributed by atoms with Crippen LogP contribution in [0, 0.1) is 0 Å². The maximum absolute atomic E-state index is 11.6. The van der Waals surface area contributed by atoms with Crippen molar-refractivity contribution < 1.29 is 71.5 Å². The molecule has 0 amide bonds. The van der Waals surface area contributed by atoms with Crippen LogP contribution in [0.15, 0.2) is 4.99 Å². The second kappa shape index (κ2) is 17.3. The second-order valence-electron chi connectivity index (χ2n) is 5.57. The molecule has 0 aliphatic carbocycles. The van der Waals surface area contributed by atoms with E-state index in [1.165, 1.54) is 12.8 Å². The number of carboxylic acids is 1. The average Bonchev–Trinajstić information content (AvgIpc) is 2.49. The standard InChI is InChI=1S/C16H32N2O4.K/c1-3-4-5-6-7-9-15(20)17-10-12-18(11-8-13-19)14(2)16(21)22;/h14,19H,3-13H2,1-2H3,(H,17,20)(H,21,22);/q;+1/p-1. The van der Waals surface area contributed by atoms with Crippen molar-refractivity contribution in [3.63, 3.8) is 0 Å². The molecule has 0 fully saturated rings. The van der Waals surface area contributed by atoms with Gasteiger partial charge in [0.05, 0.1) is 6.54 Å². The molecule has 0 spiro atoms. The third-order valence-corrected chi connectivity index (χ3v) is 3.68. The maximum Gasteiger partial charge on any atom is 1.00 e. The fraction of sp³-hybridized carbons (Fsp3) is 0.875. The quantitative estimate of drug-likeness (QED) is 0.167. The molecule has 2 N–H and O–H groups in total. The summed E-state index contributed by atoms with van der Waals surface area (Å²) in [6.45, 7) is 5.02. The molecule has 0 aliphatic rings. The number of aliphatic hydroxyl groups excluding tert-OH is 1. The Balaban J connectivity index is 0. The summed E-state index contributed by atoms with van der Waals surface area (Å²) < 4.78 is 0. The summed E-state index contributed by atoms with van der Waals surface area (Å²) in [5.41, 5.74) is 0. The molecule has 6 nitrogen and oxygen atoms in total. The number of hydrogen-bond acceptors (Lipinski definition) is 5. The van der Waals surface area contributed by atoms with Crippen LogP contribution < -0.4 is 56.5 Å². The molecular formula is C16H31KN2O4. The minimum atomic E-state index is -0.903. The van der Waals surface area contributed by atoms with E-state index in [-0.39, 0.29) is 63.9 Å². The first-order valence-corrected chi connectivity index (χ1v) is 8.31. The van der Waals surface area contributed by atoms with Gasteiger partial charge in [0.1, 0.15) is 6.04 Å². The Labute approximate surface area is 182 Å². The zero-order valence-corrected chi connectivity index (χ0v) is 18.1. The zero-order valence-electron chi connectivity index (χ0n) is 15.0. The number of aliphatic imine (C=N–C) groups is 1. The molecule has 0 saturated carbocycles. The van der Waals surface area contributed by atoms with Crippen LogP contribution in [0.2, 0.25) is 0 Å². The van der Waals surface area contributed by atoms with E-state index >= 15 is 0 Å². The van der Waals surface area contributed by atoms with Crippen LogP contribution >= 0.6 is 0 Å². The number of aliphatic carboxylic acids is 1. The third-order valence-electron chi connectivity index (χ3n) is 3.68. The SMILES string of the molecule is CCCCCCCC([O-])=NCCN(CCCO)C(C)C(=O)O.[K+]. The van der Waals surface area contributed by atoms with E-state index in [9.17, 15) is 9.90 Å². The van der Waals surface area contributed by atoms with Gasteiger partial charge in [-0.3, -0.25) is 9.69 Å². The predicted molar refractivity (Wildman–Crippen MR) is 86.1 cm³/mol. The number of unbranched alkanes of at least 4 members (excludes halogenated alkanes) is 4. The first kappa shape index (κ1) is 25.7. The van der Waals surface area contributed by atoms with Crippen LogP contribution in [0.5, 0.6) is 0 Å². The Hall–Kier alpha value is 0.496. The molecule has 0 aromatic heterocycles. The van der Waals surface area contributed by atoms with Crippen molar-refractivity contribution in [2.45, 2.75) is 64.8 Å². The smallest absolute Gasteiger partial charge is 0.862 e. The van der Waals surface area contributed by atoms with Gasteiger partial charge in [-0.1, -0.05) is 32.6 Å². The van der Waals surface area contributed by atoms with Crippen LogP contribution in [-0.4, -0.2) is 59.3 Å². The van der Waals surface area contributed by atoms with Crippen LogP contribution in [0.3, 0.4) is 0 Å². The number of aliphatic hydroxyl groups is 1. The van der Waals surface area contributed by atoms with Crippen LogP contribution in [0.25, 0.3) is 0 Å². The first-order chi connectivity index (χ1) is 10.5. The molecular weight excluding hydrogens is 323 g/mol. The molecule has 1 unspecified atom stereocenters. The fourth-order valence-electron chi connectivity index (χ4n) is 2.19. The van der Waals surface area contributed by atoms with Crippen molar-refractivity contribution in [2.24, 2.45) is 4.99 Å². The van der Waals surface area contributed by atoms with Gasteiger partial charge < -0.3 is 20.3 Å². The van der Waals surface area contributed by atoms with E-state index in [4.69, 9.17) is 10.2 Å². The minimum Gasteiger partial charge on any atom is -0.862 e. The van der Waals surface area contributed by atoms with Gasteiger partial charge in [0.25, 0.3) is 0 Å². The maximum atomic E-state index is 11.6. The van der Waals surface area contributed by atoms with E-state index in [0.29, 0.717) is 32.5 Å². The average molecular weight is 355 g/mol. The van der Waals surface area contributed by atoms with E-state index in [1.807, 2.05) is 0 Å². The third kappa shape index (κ3) is 14.5. The van der Waals surface area contributed by atoms with Gasteiger partial charge in [0.2, 0.25) is 0 Å². The summed E-state index contributed by atoms with van der Waals surface area (Å²) in [4.78, 5) is 16.8. The molecule has 0 aromatic carbocycles. The molecule has 1 atom stereocenters. The van der Waals surface area contributed by atoms with E-state index in [1.54, 1.807) is 11.8 Å². The largest absolute Gasteiger partial charge is 1.00 e. The summed E-state index contributed by atoms with van der Waals surface area (Å²) in [7, 11) is 0. The van der Waals surface area contributed by atoms with Crippen molar-refractivity contribution in [3.05, 3.63) is 0 Å². The van der Waals surface area contributed by atoms with Crippen molar-refractivity contribution in [1.29, 1.82) is 0 Å². The second-order valence-corrected chi connectivity index (χ2v) is 5.57.